The maximum atomic E-state index is 13.4. The summed E-state index contributed by atoms with van der Waals surface area (Å²) in [6, 6.07) is 1.61. The third-order valence-electron chi connectivity index (χ3n) is 3.21. The molecule has 0 aliphatic carbocycles. The Morgan fingerprint density at radius 1 is 1.00 bits per heavy atom. The van der Waals surface area contributed by atoms with Gasteiger partial charge in [-0.2, -0.15) is 0 Å². The predicted octanol–water partition coefficient (Wildman–Crippen LogP) is 4.42. The van der Waals surface area contributed by atoms with Gasteiger partial charge in [0.05, 0.1) is 0 Å². The van der Waals surface area contributed by atoms with E-state index < -0.39 is 31.6 Å². The molecule has 0 radical (unpaired) electrons. The summed E-state index contributed by atoms with van der Waals surface area (Å²) in [5.41, 5.74) is -0.117. The van der Waals surface area contributed by atoms with Crippen LogP contribution in [0.5, 0.6) is 0 Å². The first kappa shape index (κ1) is 16.2. The lowest BCUT2D eigenvalue weighted by atomic mass is 10.1. The Hall–Kier alpha value is -0.883. The Kier molecular flexibility index (Phi) is 5.55. The van der Waals surface area contributed by atoms with Crippen molar-refractivity contribution in [3.8, 4) is 0 Å². The number of aryl methyl sites for hydroxylation is 1. The van der Waals surface area contributed by atoms with Crippen molar-refractivity contribution >= 4 is 8.32 Å². The van der Waals surface area contributed by atoms with E-state index >= 15 is 0 Å². The van der Waals surface area contributed by atoms with Gasteiger partial charge >= 0.3 is 0 Å². The lowest BCUT2D eigenvalue weighted by Gasteiger charge is -2.19. The summed E-state index contributed by atoms with van der Waals surface area (Å²) in [6.07, 6.45) is 1.56. The first-order valence-electron chi connectivity index (χ1n) is 6.15. The van der Waals surface area contributed by atoms with Gasteiger partial charge < -0.3 is 4.43 Å². The minimum Gasteiger partial charge on any atom is -0.420 e. The van der Waals surface area contributed by atoms with Crippen LogP contribution in [-0.4, -0.2) is 15.4 Å². The Bertz CT molecular complexity index is 449. The van der Waals surface area contributed by atoms with Crippen LogP contribution < -0.4 is 0 Å². The summed E-state index contributed by atoms with van der Waals surface area (Å²) in [7, 11) is 0.00160. The maximum absolute atomic E-state index is 13.4. The molecule has 0 unspecified atom stereocenters. The van der Waals surface area contributed by atoms with Crippen LogP contribution in [0.3, 0.4) is 0 Å². The summed E-state index contributed by atoms with van der Waals surface area (Å²) in [4.78, 5) is 0. The molecule has 6 heteroatoms. The van der Waals surface area contributed by atoms with E-state index in [0.29, 0.717) is 6.42 Å². The van der Waals surface area contributed by atoms with Crippen LogP contribution in [0.4, 0.5) is 17.6 Å². The standard InChI is InChI=1S/C13H18F4OSi/c1-18-19(2,3)7-5-4-6-9-8-10(14)12(16)13(17)11(9)15/h8H,4-7H2,1-3H3. The number of rotatable bonds is 6. The van der Waals surface area contributed by atoms with Crippen LogP contribution in [0.25, 0.3) is 0 Å². The summed E-state index contributed by atoms with van der Waals surface area (Å²) >= 11 is 0. The monoisotopic (exact) mass is 294 g/mol. The molecule has 0 aliphatic heterocycles. The molecule has 0 bridgehead atoms. The van der Waals surface area contributed by atoms with Gasteiger partial charge in [-0.3, -0.25) is 0 Å². The Balaban J connectivity index is 2.60. The topological polar surface area (TPSA) is 9.23 Å². The van der Waals surface area contributed by atoms with E-state index in [-0.39, 0.29) is 12.0 Å². The van der Waals surface area contributed by atoms with Gasteiger partial charge in [-0.25, -0.2) is 17.6 Å². The molecule has 0 fully saturated rings. The van der Waals surface area contributed by atoms with Crippen molar-refractivity contribution in [1.82, 2.24) is 0 Å². The van der Waals surface area contributed by atoms with Crippen molar-refractivity contribution in [3.05, 3.63) is 34.9 Å². The molecule has 0 aliphatic rings. The summed E-state index contributed by atoms with van der Waals surface area (Å²) in [6.45, 7) is 4.12. The molecule has 0 atom stereocenters. The molecule has 1 aromatic rings. The molecule has 0 N–H and O–H groups in total. The van der Waals surface area contributed by atoms with Crippen molar-refractivity contribution < 1.29 is 22.0 Å². The van der Waals surface area contributed by atoms with Crippen molar-refractivity contribution in [2.45, 2.75) is 38.4 Å². The third kappa shape index (κ3) is 4.31. The van der Waals surface area contributed by atoms with E-state index in [1.807, 2.05) is 0 Å². The quantitative estimate of drug-likeness (QED) is 0.248. The molecular weight excluding hydrogens is 276 g/mol. The lowest BCUT2D eigenvalue weighted by molar-refractivity contribution is 0.399. The predicted molar refractivity (Wildman–Crippen MR) is 68.5 cm³/mol. The van der Waals surface area contributed by atoms with Crippen molar-refractivity contribution in [1.29, 1.82) is 0 Å². The number of hydrogen-bond donors (Lipinski definition) is 0. The van der Waals surface area contributed by atoms with E-state index in [2.05, 4.69) is 13.1 Å². The first-order chi connectivity index (χ1) is 8.78. The Labute approximate surface area is 111 Å². The van der Waals surface area contributed by atoms with Crippen LogP contribution in [-0.2, 0) is 10.8 Å². The van der Waals surface area contributed by atoms with Crippen LogP contribution in [0.2, 0.25) is 19.1 Å². The minimum absolute atomic E-state index is 0.117. The molecule has 0 amide bonds. The smallest absolute Gasteiger partial charge is 0.197 e. The van der Waals surface area contributed by atoms with E-state index in [4.69, 9.17) is 4.43 Å². The second-order valence-electron chi connectivity index (χ2n) is 5.13. The molecule has 1 aromatic carbocycles. The second kappa shape index (κ2) is 6.52. The minimum atomic E-state index is -1.76. The van der Waals surface area contributed by atoms with Gasteiger partial charge in [0.25, 0.3) is 0 Å². The number of hydrogen-bond acceptors (Lipinski definition) is 1. The molecule has 0 spiro atoms. The molecule has 19 heavy (non-hydrogen) atoms. The number of benzene rings is 1. The second-order valence-corrected chi connectivity index (χ2v) is 9.56. The fraction of sp³-hybridized carbons (Fsp3) is 0.538. The molecule has 0 heterocycles. The van der Waals surface area contributed by atoms with Gasteiger partial charge in [0.1, 0.15) is 0 Å². The summed E-state index contributed by atoms with van der Waals surface area (Å²) < 4.78 is 57.5. The zero-order valence-corrected chi connectivity index (χ0v) is 12.3. The van der Waals surface area contributed by atoms with E-state index in [0.717, 1.165) is 18.5 Å². The highest BCUT2D eigenvalue weighted by Crippen LogP contribution is 2.21. The van der Waals surface area contributed by atoms with Gasteiger partial charge in [-0.15, -0.1) is 0 Å². The largest absolute Gasteiger partial charge is 0.420 e. The van der Waals surface area contributed by atoms with Gasteiger partial charge in [0.15, 0.2) is 31.6 Å². The van der Waals surface area contributed by atoms with Gasteiger partial charge in [0, 0.05) is 7.11 Å². The first-order valence-corrected chi connectivity index (χ1v) is 9.27. The van der Waals surface area contributed by atoms with Crippen LogP contribution in [0, 0.1) is 23.3 Å². The Morgan fingerprint density at radius 3 is 2.21 bits per heavy atom. The van der Waals surface area contributed by atoms with Gasteiger partial charge in [-0.05, 0) is 43.6 Å². The highest BCUT2D eigenvalue weighted by Gasteiger charge is 2.21. The van der Waals surface area contributed by atoms with Gasteiger partial charge in [0.2, 0.25) is 0 Å². The summed E-state index contributed by atoms with van der Waals surface area (Å²) in [5.74, 6) is -6.13. The van der Waals surface area contributed by atoms with Crippen molar-refractivity contribution in [3.63, 3.8) is 0 Å². The number of unbranched alkanes of at least 4 members (excludes halogenated alkanes) is 1. The molecule has 1 nitrogen and oxygen atoms in total. The van der Waals surface area contributed by atoms with Crippen molar-refractivity contribution in [2.24, 2.45) is 0 Å². The fourth-order valence-electron chi connectivity index (χ4n) is 1.77. The molecule has 0 saturated carbocycles. The lowest BCUT2D eigenvalue weighted by Crippen LogP contribution is -2.27. The molecule has 0 aromatic heterocycles. The number of halogens is 4. The zero-order valence-electron chi connectivity index (χ0n) is 11.3. The van der Waals surface area contributed by atoms with Crippen LogP contribution in [0.1, 0.15) is 18.4 Å². The molecule has 0 saturated heterocycles. The average Bonchev–Trinajstić information content (AvgIpc) is 2.37. The van der Waals surface area contributed by atoms with Crippen LogP contribution in [0.15, 0.2) is 6.07 Å². The Morgan fingerprint density at radius 2 is 1.63 bits per heavy atom. The van der Waals surface area contributed by atoms with Crippen LogP contribution >= 0.6 is 0 Å². The molecular formula is C13H18F4OSi. The molecule has 108 valence electrons. The third-order valence-corrected chi connectivity index (χ3v) is 5.87. The average molecular weight is 294 g/mol. The van der Waals surface area contributed by atoms with Crippen molar-refractivity contribution in [2.75, 3.05) is 7.11 Å². The summed E-state index contributed by atoms with van der Waals surface area (Å²) in [5, 5.41) is 0. The normalized spacial score (nSPS) is 11.9. The zero-order chi connectivity index (χ0) is 14.6. The molecule has 1 rings (SSSR count). The van der Waals surface area contributed by atoms with E-state index in [1.165, 1.54) is 0 Å². The van der Waals surface area contributed by atoms with E-state index in [1.54, 1.807) is 7.11 Å². The highest BCUT2D eigenvalue weighted by molar-refractivity contribution is 6.71. The maximum Gasteiger partial charge on any atom is 0.197 e. The SMILES string of the molecule is CO[Si](C)(C)CCCCc1cc(F)c(F)c(F)c1F. The highest BCUT2D eigenvalue weighted by atomic mass is 28.4. The fourth-order valence-corrected chi connectivity index (χ4v) is 3.08. The van der Waals surface area contributed by atoms with Gasteiger partial charge in [-0.1, -0.05) is 6.42 Å². The van der Waals surface area contributed by atoms with E-state index in [9.17, 15) is 17.6 Å².